The molecule has 1 amide bonds. The molecule has 1 saturated heterocycles. The summed E-state index contributed by atoms with van der Waals surface area (Å²) in [5, 5.41) is 11.7. The number of carbonyl (C=O) groups excluding carboxylic acids is 1. The number of carboxylic acid groups (broad SMARTS) is 1. The topological polar surface area (TPSA) is 75.6 Å². The number of aliphatic carboxylic acids is 1. The fourth-order valence-corrected chi connectivity index (χ4v) is 2.28. The first-order valence-corrected chi connectivity index (χ1v) is 6.78. The summed E-state index contributed by atoms with van der Waals surface area (Å²) in [6.07, 6.45) is 0.141. The van der Waals surface area contributed by atoms with Crippen LogP contribution in [-0.2, 0) is 20.7 Å². The van der Waals surface area contributed by atoms with Crippen molar-refractivity contribution in [3.63, 3.8) is 0 Å². The van der Waals surface area contributed by atoms with Gasteiger partial charge in [0.1, 0.15) is 5.82 Å². The Labute approximate surface area is 123 Å². The Morgan fingerprint density at radius 1 is 1.50 bits per heavy atom. The fourth-order valence-electron chi connectivity index (χ4n) is 2.03. The minimum atomic E-state index is -1.37. The van der Waals surface area contributed by atoms with E-state index in [1.807, 2.05) is 0 Å². The summed E-state index contributed by atoms with van der Waals surface area (Å²) in [5.41, 5.74) is -0.895. The number of hydrogen-bond donors (Lipinski definition) is 2. The maximum absolute atomic E-state index is 13.3. The maximum atomic E-state index is 13.3. The number of rotatable bonds is 4. The van der Waals surface area contributed by atoms with E-state index in [9.17, 15) is 19.1 Å². The Hall–Kier alpha value is -1.47. The molecule has 0 aliphatic carbocycles. The highest BCUT2D eigenvalue weighted by molar-refractivity contribution is 9.10. The molecule has 1 aromatic carbocycles. The van der Waals surface area contributed by atoms with Crippen molar-refractivity contribution >= 4 is 27.8 Å². The zero-order chi connectivity index (χ0) is 14.8. The van der Waals surface area contributed by atoms with E-state index in [0.717, 1.165) is 0 Å². The van der Waals surface area contributed by atoms with E-state index >= 15 is 0 Å². The van der Waals surface area contributed by atoms with Crippen LogP contribution in [0.1, 0.15) is 12.0 Å². The first-order chi connectivity index (χ1) is 9.43. The van der Waals surface area contributed by atoms with Crippen LogP contribution >= 0.6 is 15.9 Å². The van der Waals surface area contributed by atoms with Crippen LogP contribution in [0.15, 0.2) is 22.7 Å². The van der Waals surface area contributed by atoms with Gasteiger partial charge in [-0.2, -0.15) is 0 Å². The summed E-state index contributed by atoms with van der Waals surface area (Å²) < 4.78 is 18.7. The van der Waals surface area contributed by atoms with Gasteiger partial charge in [0, 0.05) is 13.0 Å². The number of amides is 1. The average Bonchev–Trinajstić information content (AvgIpc) is 2.83. The number of benzene rings is 1. The van der Waals surface area contributed by atoms with Gasteiger partial charge in [-0.25, -0.2) is 9.18 Å². The number of halogens is 2. The summed E-state index contributed by atoms with van der Waals surface area (Å²) in [5.74, 6) is -2.06. The van der Waals surface area contributed by atoms with Crippen LogP contribution in [0.3, 0.4) is 0 Å². The summed E-state index contributed by atoms with van der Waals surface area (Å²) in [6.45, 7) is 0.238. The van der Waals surface area contributed by atoms with Gasteiger partial charge in [-0.05, 0) is 33.6 Å². The number of carboxylic acids is 1. The van der Waals surface area contributed by atoms with Crippen LogP contribution < -0.4 is 5.32 Å². The third-order valence-corrected chi connectivity index (χ3v) is 3.80. The second kappa shape index (κ2) is 5.88. The summed E-state index contributed by atoms with van der Waals surface area (Å²) in [7, 11) is 0. The highest BCUT2D eigenvalue weighted by atomic mass is 79.9. The van der Waals surface area contributed by atoms with Crippen molar-refractivity contribution in [2.75, 3.05) is 13.2 Å². The Balaban J connectivity index is 2.04. The van der Waals surface area contributed by atoms with Crippen LogP contribution in [0.2, 0.25) is 0 Å². The lowest BCUT2D eigenvalue weighted by Crippen LogP contribution is -2.55. The Morgan fingerprint density at radius 3 is 2.80 bits per heavy atom. The zero-order valence-corrected chi connectivity index (χ0v) is 12.1. The molecular weight excluding hydrogens is 333 g/mol. The van der Waals surface area contributed by atoms with Crippen molar-refractivity contribution in [3.05, 3.63) is 34.1 Å². The molecule has 0 aromatic heterocycles. The average molecular weight is 346 g/mol. The van der Waals surface area contributed by atoms with Gasteiger partial charge in [-0.15, -0.1) is 0 Å². The van der Waals surface area contributed by atoms with E-state index in [2.05, 4.69) is 21.2 Å². The van der Waals surface area contributed by atoms with Crippen molar-refractivity contribution in [1.29, 1.82) is 0 Å². The molecular formula is C13H13BrFNO4. The summed E-state index contributed by atoms with van der Waals surface area (Å²) in [4.78, 5) is 23.2. The minimum absolute atomic E-state index is 0.0528. The quantitative estimate of drug-likeness (QED) is 0.866. The largest absolute Gasteiger partial charge is 0.479 e. The number of ether oxygens (including phenoxy) is 1. The van der Waals surface area contributed by atoms with Crippen LogP contribution in [-0.4, -0.2) is 35.7 Å². The zero-order valence-electron chi connectivity index (χ0n) is 10.5. The van der Waals surface area contributed by atoms with Gasteiger partial charge in [-0.3, -0.25) is 4.79 Å². The molecule has 1 aromatic rings. The predicted octanol–water partition coefficient (Wildman–Crippen LogP) is 1.49. The molecule has 2 N–H and O–H groups in total. The van der Waals surface area contributed by atoms with E-state index < -0.39 is 23.2 Å². The second-order valence-corrected chi connectivity index (χ2v) is 5.52. The van der Waals surface area contributed by atoms with Crippen molar-refractivity contribution in [1.82, 2.24) is 5.32 Å². The molecule has 0 saturated carbocycles. The van der Waals surface area contributed by atoms with Crippen molar-refractivity contribution in [2.45, 2.75) is 18.4 Å². The fraction of sp³-hybridized carbons (Fsp3) is 0.385. The third-order valence-electron chi connectivity index (χ3n) is 3.16. The molecule has 0 spiro atoms. The van der Waals surface area contributed by atoms with Crippen LogP contribution in [0, 0.1) is 5.82 Å². The summed E-state index contributed by atoms with van der Waals surface area (Å²) >= 11 is 3.02. The van der Waals surface area contributed by atoms with Gasteiger partial charge in [0.25, 0.3) is 0 Å². The van der Waals surface area contributed by atoms with Gasteiger partial charge >= 0.3 is 5.97 Å². The van der Waals surface area contributed by atoms with Gasteiger partial charge in [0.2, 0.25) is 5.91 Å². The monoisotopic (exact) mass is 345 g/mol. The molecule has 1 atom stereocenters. The lowest BCUT2D eigenvalue weighted by Gasteiger charge is -2.23. The molecule has 2 rings (SSSR count). The van der Waals surface area contributed by atoms with E-state index in [0.29, 0.717) is 16.6 Å². The third kappa shape index (κ3) is 3.16. The van der Waals surface area contributed by atoms with Crippen LogP contribution in [0.4, 0.5) is 4.39 Å². The highest BCUT2D eigenvalue weighted by Gasteiger charge is 2.43. The molecule has 1 unspecified atom stereocenters. The summed E-state index contributed by atoms with van der Waals surface area (Å²) in [6, 6.07) is 4.34. The smallest absolute Gasteiger partial charge is 0.331 e. The molecule has 0 bridgehead atoms. The van der Waals surface area contributed by atoms with Crippen molar-refractivity contribution < 1.29 is 23.8 Å². The molecule has 1 aliphatic heterocycles. The number of carbonyl (C=O) groups is 2. The van der Waals surface area contributed by atoms with E-state index in [-0.39, 0.29) is 19.4 Å². The molecule has 20 heavy (non-hydrogen) atoms. The molecule has 5 nitrogen and oxygen atoms in total. The molecule has 1 aliphatic rings. The lowest BCUT2D eigenvalue weighted by molar-refractivity contribution is -0.147. The normalized spacial score (nSPS) is 21.7. The SMILES string of the molecule is O=C(Cc1ccc(Br)c(F)c1)NC1(C(=O)O)CCOC1. The maximum Gasteiger partial charge on any atom is 0.331 e. The standard InChI is InChI=1S/C13H13BrFNO4/c14-9-2-1-8(5-10(9)15)6-11(17)16-13(12(18)19)3-4-20-7-13/h1-2,5H,3-4,6-7H2,(H,16,17)(H,18,19). The number of hydrogen-bond acceptors (Lipinski definition) is 3. The minimum Gasteiger partial charge on any atom is -0.479 e. The predicted molar refractivity (Wildman–Crippen MR) is 71.7 cm³/mol. The van der Waals surface area contributed by atoms with E-state index in [4.69, 9.17) is 4.74 Å². The van der Waals surface area contributed by atoms with E-state index in [1.54, 1.807) is 6.07 Å². The van der Waals surface area contributed by atoms with Gasteiger partial charge in [-0.1, -0.05) is 6.07 Å². The van der Waals surface area contributed by atoms with Crippen molar-refractivity contribution in [3.8, 4) is 0 Å². The van der Waals surface area contributed by atoms with Crippen LogP contribution in [0.25, 0.3) is 0 Å². The van der Waals surface area contributed by atoms with Crippen molar-refractivity contribution in [2.24, 2.45) is 0 Å². The van der Waals surface area contributed by atoms with Gasteiger partial charge in [0.05, 0.1) is 17.5 Å². The first-order valence-electron chi connectivity index (χ1n) is 5.99. The van der Waals surface area contributed by atoms with Gasteiger partial charge in [0.15, 0.2) is 5.54 Å². The molecule has 108 valence electrons. The second-order valence-electron chi connectivity index (χ2n) is 4.66. The highest BCUT2D eigenvalue weighted by Crippen LogP contribution is 2.20. The lowest BCUT2D eigenvalue weighted by atomic mass is 9.98. The molecule has 7 heteroatoms. The molecule has 0 radical (unpaired) electrons. The van der Waals surface area contributed by atoms with Crippen LogP contribution in [0.5, 0.6) is 0 Å². The Kier molecular flexibility index (Phi) is 4.39. The molecule has 1 heterocycles. The van der Waals surface area contributed by atoms with Gasteiger partial charge < -0.3 is 15.2 Å². The molecule has 1 fully saturated rings. The first kappa shape index (κ1) is 14.9. The Bertz CT molecular complexity index is 543. The van der Waals surface area contributed by atoms with E-state index in [1.165, 1.54) is 12.1 Å². The number of nitrogens with one attached hydrogen (secondary N) is 1. The Morgan fingerprint density at radius 2 is 2.25 bits per heavy atom.